The lowest BCUT2D eigenvalue weighted by atomic mass is 9.81. The molecule has 11 rings (SSSR count). The van der Waals surface area contributed by atoms with Crippen molar-refractivity contribution in [1.82, 2.24) is 0 Å². The first-order valence-electron chi connectivity index (χ1n) is 18.9. The Balaban J connectivity index is 1.08. The topological polar surface area (TPSA) is 16.4 Å². The molecular weight excluding hydrogens is 655 g/mol. The highest BCUT2D eigenvalue weighted by Gasteiger charge is 2.35. The Bertz CT molecular complexity index is 3050. The third-order valence-electron chi connectivity index (χ3n) is 11.9. The van der Waals surface area contributed by atoms with Gasteiger partial charge in [-0.05, 0) is 127 Å². The number of anilines is 3. The van der Waals surface area contributed by atoms with E-state index in [9.17, 15) is 0 Å². The fourth-order valence-electron chi connectivity index (χ4n) is 9.23. The van der Waals surface area contributed by atoms with Gasteiger partial charge in [-0.15, -0.1) is 0 Å². The van der Waals surface area contributed by atoms with E-state index in [1.165, 1.54) is 66.1 Å². The predicted octanol–water partition coefficient (Wildman–Crippen LogP) is 14.5. The number of rotatable bonds is 4. The molecule has 2 aliphatic rings. The van der Waals surface area contributed by atoms with Gasteiger partial charge in [0.2, 0.25) is 0 Å². The van der Waals surface area contributed by atoms with Gasteiger partial charge in [0, 0.05) is 33.2 Å². The second-order valence-electron chi connectivity index (χ2n) is 15.3. The molecule has 0 amide bonds. The summed E-state index contributed by atoms with van der Waals surface area (Å²) in [5.74, 6) is 0. The summed E-state index contributed by atoms with van der Waals surface area (Å²) in [6.45, 7) is 4.69. The summed E-state index contributed by atoms with van der Waals surface area (Å²) in [7, 11) is 0. The van der Waals surface area contributed by atoms with Crippen LogP contribution in [0.4, 0.5) is 17.1 Å². The molecular formula is C52H37NO. The van der Waals surface area contributed by atoms with Gasteiger partial charge in [0.15, 0.2) is 0 Å². The molecule has 9 aromatic rings. The predicted molar refractivity (Wildman–Crippen MR) is 228 cm³/mol. The van der Waals surface area contributed by atoms with Crippen molar-refractivity contribution in [3.63, 3.8) is 0 Å². The van der Waals surface area contributed by atoms with Crippen molar-refractivity contribution < 1.29 is 4.42 Å². The van der Waals surface area contributed by atoms with Crippen LogP contribution in [0.25, 0.3) is 71.8 Å². The summed E-state index contributed by atoms with van der Waals surface area (Å²) in [6.07, 6.45) is 9.80. The van der Waals surface area contributed by atoms with Gasteiger partial charge < -0.3 is 9.32 Å². The van der Waals surface area contributed by atoms with Crippen LogP contribution in [0.15, 0.2) is 174 Å². The molecule has 0 saturated heterocycles. The molecule has 2 nitrogen and oxygen atoms in total. The first-order valence-corrected chi connectivity index (χ1v) is 18.9. The fraction of sp³-hybridized carbons (Fsp3) is 0.0769. The van der Waals surface area contributed by atoms with Gasteiger partial charge >= 0.3 is 0 Å². The summed E-state index contributed by atoms with van der Waals surface area (Å²) < 4.78 is 6.27. The van der Waals surface area contributed by atoms with Crippen molar-refractivity contribution in [2.45, 2.75) is 25.7 Å². The van der Waals surface area contributed by atoms with E-state index in [0.717, 1.165) is 45.4 Å². The maximum absolute atomic E-state index is 6.27. The molecule has 2 aliphatic carbocycles. The molecule has 0 aliphatic heterocycles. The molecule has 0 N–H and O–H groups in total. The Morgan fingerprint density at radius 3 is 2.02 bits per heavy atom. The largest absolute Gasteiger partial charge is 0.456 e. The molecule has 2 heteroatoms. The summed E-state index contributed by atoms with van der Waals surface area (Å²) in [5, 5.41) is 7.37. The van der Waals surface area contributed by atoms with Gasteiger partial charge in [0.25, 0.3) is 0 Å². The standard InChI is InChI=1S/C52H37NO/c1-52(2)48-18-10-8-16-43(48)44-27-22-34(30-49(44)52)33-20-23-35(24-21-33)53(37-26-29-51-47(32-37)45-17-9-11-19-50(45)54-51)36-25-28-42-40-13-5-3-4-12-38(40)39-14-6-7-15-41(39)46(42)31-36/h3-11,13-32H,12H2,1-2H3. The van der Waals surface area contributed by atoms with Crippen LogP contribution in [0.3, 0.4) is 0 Å². The molecule has 1 heterocycles. The molecule has 0 saturated carbocycles. The molecule has 0 atom stereocenters. The first-order chi connectivity index (χ1) is 26.5. The summed E-state index contributed by atoms with van der Waals surface area (Å²) in [6, 6.07) is 55.7. The van der Waals surface area contributed by atoms with Crippen LogP contribution in [-0.2, 0) is 11.8 Å². The van der Waals surface area contributed by atoms with E-state index in [1.54, 1.807) is 0 Å². The van der Waals surface area contributed by atoms with E-state index in [1.807, 2.05) is 12.1 Å². The second-order valence-corrected chi connectivity index (χ2v) is 15.3. The zero-order valence-electron chi connectivity index (χ0n) is 30.3. The van der Waals surface area contributed by atoms with Crippen LogP contribution in [0, 0.1) is 0 Å². The average Bonchev–Trinajstić information content (AvgIpc) is 3.55. The van der Waals surface area contributed by atoms with Crippen LogP contribution < -0.4 is 4.90 Å². The molecule has 54 heavy (non-hydrogen) atoms. The van der Waals surface area contributed by atoms with Crippen molar-refractivity contribution in [1.29, 1.82) is 0 Å². The van der Waals surface area contributed by atoms with Crippen molar-refractivity contribution in [3.8, 4) is 22.3 Å². The number of benzene rings is 8. The lowest BCUT2D eigenvalue weighted by Crippen LogP contribution is -2.14. The molecule has 0 spiro atoms. The molecule has 8 aromatic carbocycles. The minimum atomic E-state index is -0.0422. The van der Waals surface area contributed by atoms with E-state index in [-0.39, 0.29) is 5.41 Å². The summed E-state index contributed by atoms with van der Waals surface area (Å²) in [5.41, 5.74) is 15.7. The monoisotopic (exact) mass is 691 g/mol. The van der Waals surface area contributed by atoms with Crippen LogP contribution in [-0.4, -0.2) is 0 Å². The van der Waals surface area contributed by atoms with Crippen molar-refractivity contribution in [3.05, 3.63) is 192 Å². The smallest absolute Gasteiger partial charge is 0.135 e. The highest BCUT2D eigenvalue weighted by Crippen LogP contribution is 2.50. The maximum Gasteiger partial charge on any atom is 0.135 e. The first kappa shape index (κ1) is 30.9. The molecule has 256 valence electrons. The number of hydrogen-bond donors (Lipinski definition) is 0. The van der Waals surface area contributed by atoms with E-state index in [0.29, 0.717) is 0 Å². The lowest BCUT2D eigenvalue weighted by Gasteiger charge is -2.27. The van der Waals surface area contributed by atoms with Crippen LogP contribution in [0.1, 0.15) is 36.1 Å². The lowest BCUT2D eigenvalue weighted by molar-refractivity contribution is 0.660. The van der Waals surface area contributed by atoms with E-state index in [4.69, 9.17) is 4.42 Å². The number of fused-ring (bicyclic) bond motifs is 12. The number of furan rings is 1. The minimum absolute atomic E-state index is 0.0422. The van der Waals surface area contributed by atoms with Crippen LogP contribution in [0.5, 0.6) is 0 Å². The maximum atomic E-state index is 6.27. The van der Waals surface area contributed by atoms with Crippen molar-refractivity contribution >= 4 is 66.6 Å². The second kappa shape index (κ2) is 11.7. The molecule has 0 radical (unpaired) electrons. The van der Waals surface area contributed by atoms with E-state index in [2.05, 4.69) is 183 Å². The Hall–Kier alpha value is -6.64. The van der Waals surface area contributed by atoms with Gasteiger partial charge in [-0.2, -0.15) is 0 Å². The molecule has 1 aromatic heterocycles. The van der Waals surface area contributed by atoms with Crippen LogP contribution in [0.2, 0.25) is 0 Å². The number of allylic oxidation sites excluding steroid dienone is 3. The normalized spacial score (nSPS) is 14.0. The Morgan fingerprint density at radius 1 is 0.481 bits per heavy atom. The number of para-hydroxylation sites is 1. The summed E-state index contributed by atoms with van der Waals surface area (Å²) >= 11 is 0. The van der Waals surface area contributed by atoms with Crippen molar-refractivity contribution in [2.75, 3.05) is 4.90 Å². The molecule has 0 bridgehead atoms. The number of nitrogens with zero attached hydrogens (tertiary/aromatic N) is 1. The zero-order chi connectivity index (χ0) is 36.0. The van der Waals surface area contributed by atoms with E-state index < -0.39 is 0 Å². The van der Waals surface area contributed by atoms with Crippen LogP contribution >= 0.6 is 0 Å². The van der Waals surface area contributed by atoms with Crippen molar-refractivity contribution in [2.24, 2.45) is 0 Å². The minimum Gasteiger partial charge on any atom is -0.456 e. The Morgan fingerprint density at radius 2 is 1.15 bits per heavy atom. The third-order valence-corrected chi connectivity index (χ3v) is 11.9. The highest BCUT2D eigenvalue weighted by molar-refractivity contribution is 6.14. The molecule has 0 fully saturated rings. The Kier molecular flexibility index (Phi) is 6.69. The van der Waals surface area contributed by atoms with Gasteiger partial charge in [-0.25, -0.2) is 0 Å². The van der Waals surface area contributed by atoms with E-state index >= 15 is 0 Å². The Labute approximate surface area is 314 Å². The van der Waals surface area contributed by atoms with Gasteiger partial charge in [-0.1, -0.05) is 135 Å². The van der Waals surface area contributed by atoms with Gasteiger partial charge in [0.1, 0.15) is 11.2 Å². The fourth-order valence-corrected chi connectivity index (χ4v) is 9.23. The number of hydrogen-bond acceptors (Lipinski definition) is 2. The third kappa shape index (κ3) is 4.60. The molecule has 0 unspecified atom stereocenters. The van der Waals surface area contributed by atoms with Gasteiger partial charge in [-0.3, -0.25) is 0 Å². The van der Waals surface area contributed by atoms with Gasteiger partial charge in [0.05, 0.1) is 0 Å². The summed E-state index contributed by atoms with van der Waals surface area (Å²) in [4.78, 5) is 2.39. The average molecular weight is 692 g/mol. The highest BCUT2D eigenvalue weighted by atomic mass is 16.3. The quantitative estimate of drug-likeness (QED) is 0.171. The SMILES string of the molecule is CC1(C)c2ccccc2-c2ccc(-c3ccc(N(c4ccc5oc6ccccc6c5c4)c4ccc5c6c(c7ccccc7c5c4)CC=CC=C6)cc3)cc21. The zero-order valence-corrected chi connectivity index (χ0v) is 30.3.